The first-order chi connectivity index (χ1) is 12.3. The van der Waals surface area contributed by atoms with Gasteiger partial charge >= 0.3 is 0 Å². The summed E-state index contributed by atoms with van der Waals surface area (Å²) in [5.74, 6) is 0. The summed E-state index contributed by atoms with van der Waals surface area (Å²) >= 11 is 0. The van der Waals surface area contributed by atoms with E-state index in [9.17, 15) is 0 Å². The lowest BCUT2D eigenvalue weighted by Crippen LogP contribution is -2.44. The van der Waals surface area contributed by atoms with Crippen LogP contribution in [0.2, 0.25) is 0 Å². The summed E-state index contributed by atoms with van der Waals surface area (Å²) in [6, 6.07) is 32.1. The Bertz CT molecular complexity index is 771. The van der Waals surface area contributed by atoms with Crippen LogP contribution in [0.25, 0.3) is 5.47 Å². The molecule has 0 atom stereocenters. The molecule has 0 spiro atoms. The van der Waals surface area contributed by atoms with Crippen LogP contribution >= 0.6 is 0 Å². The van der Waals surface area contributed by atoms with Crippen LogP contribution in [-0.2, 0) is 4.74 Å². The minimum atomic E-state index is 0.181. The number of hydrogen-bond donors (Lipinski definition) is 0. The molecule has 0 aliphatic heterocycles. The Balaban J connectivity index is 2.22. The van der Waals surface area contributed by atoms with E-state index in [1.807, 2.05) is 0 Å². The summed E-state index contributed by atoms with van der Waals surface area (Å²) < 4.78 is 5.47. The average molecular weight is 326 g/mol. The fourth-order valence-corrected chi connectivity index (χ4v) is 3.39. The highest BCUT2D eigenvalue weighted by atomic mass is 16.5. The molecule has 0 unspecified atom stereocenters. The van der Waals surface area contributed by atoms with Crippen LogP contribution in [0.15, 0.2) is 96.6 Å². The molecule has 0 bridgehead atoms. The minimum Gasteiger partial charge on any atom is -0.380 e. The van der Waals surface area contributed by atoms with Gasteiger partial charge in [-0.3, -0.25) is 0 Å². The van der Waals surface area contributed by atoms with Crippen LogP contribution in [0.3, 0.4) is 0 Å². The molecule has 0 aliphatic rings. The van der Waals surface area contributed by atoms with Crippen LogP contribution in [0, 0.1) is 0 Å². The molecular formula is C23H23BO. The van der Waals surface area contributed by atoms with Crippen molar-refractivity contribution in [3.8, 4) is 0 Å². The van der Waals surface area contributed by atoms with Crippen LogP contribution in [0.4, 0.5) is 0 Å². The zero-order chi connectivity index (χ0) is 17.5. The topological polar surface area (TPSA) is 9.23 Å². The second kappa shape index (κ2) is 8.50. The Morgan fingerprint density at radius 1 is 0.720 bits per heavy atom. The molecule has 0 saturated carbocycles. The van der Waals surface area contributed by atoms with Gasteiger partial charge in [0.15, 0.2) is 0 Å². The van der Waals surface area contributed by atoms with E-state index in [2.05, 4.69) is 97.9 Å². The number of benzene rings is 3. The van der Waals surface area contributed by atoms with E-state index < -0.39 is 0 Å². The lowest BCUT2D eigenvalue weighted by Gasteiger charge is -2.22. The molecule has 3 aromatic rings. The Kier molecular flexibility index (Phi) is 5.87. The van der Waals surface area contributed by atoms with Crippen LogP contribution < -0.4 is 10.9 Å². The second-order valence-corrected chi connectivity index (χ2v) is 6.25. The van der Waals surface area contributed by atoms with Crippen molar-refractivity contribution < 1.29 is 4.74 Å². The maximum Gasteiger partial charge on any atom is 0.242 e. The third kappa shape index (κ3) is 4.10. The summed E-state index contributed by atoms with van der Waals surface area (Å²) in [5.41, 5.74) is 6.41. The molecule has 0 fully saturated rings. The highest BCUT2D eigenvalue weighted by molar-refractivity contribution is 6.99. The van der Waals surface area contributed by atoms with E-state index in [-0.39, 0.29) is 6.71 Å². The third-order valence-electron chi connectivity index (χ3n) is 4.46. The van der Waals surface area contributed by atoms with E-state index in [0.717, 1.165) is 0 Å². The number of methoxy groups -OCH3 is 1. The summed E-state index contributed by atoms with van der Waals surface area (Å²) in [6.45, 7) is 2.98. The Morgan fingerprint density at radius 3 is 1.60 bits per heavy atom. The van der Waals surface area contributed by atoms with Crippen LogP contribution in [-0.4, -0.2) is 20.4 Å². The first-order valence-corrected chi connectivity index (χ1v) is 8.65. The van der Waals surface area contributed by atoms with Gasteiger partial charge in [0.05, 0.1) is 6.61 Å². The zero-order valence-corrected chi connectivity index (χ0v) is 14.9. The first kappa shape index (κ1) is 17.3. The van der Waals surface area contributed by atoms with Crippen molar-refractivity contribution in [1.82, 2.24) is 0 Å². The maximum absolute atomic E-state index is 5.47. The predicted molar refractivity (Wildman–Crippen MR) is 109 cm³/mol. The van der Waals surface area contributed by atoms with Gasteiger partial charge in [0.2, 0.25) is 6.71 Å². The maximum atomic E-state index is 5.47. The van der Waals surface area contributed by atoms with E-state index in [4.69, 9.17) is 4.74 Å². The highest BCUT2D eigenvalue weighted by Gasteiger charge is 2.26. The SMILES string of the molecule is COC/C(C)=C(\B(c1ccccc1)c1ccccc1)c1ccccc1. The van der Waals surface area contributed by atoms with E-state index in [0.29, 0.717) is 6.61 Å². The molecule has 2 heteroatoms. The van der Waals surface area contributed by atoms with Crippen molar-refractivity contribution in [1.29, 1.82) is 0 Å². The molecule has 1 nitrogen and oxygen atoms in total. The fraction of sp³-hybridized carbons (Fsp3) is 0.130. The standard InChI is InChI=1S/C23H23BO/c1-19(18-25-2)23(20-12-6-3-7-13-20)24(21-14-8-4-9-15-21)22-16-10-5-11-17-22/h3-17H,18H2,1-2H3/b23-19-. The molecule has 0 amide bonds. The number of ether oxygens (including phenoxy) is 1. The molecule has 0 saturated heterocycles. The molecule has 0 heterocycles. The lowest BCUT2D eigenvalue weighted by atomic mass is 9.34. The minimum absolute atomic E-state index is 0.181. The van der Waals surface area contributed by atoms with Gasteiger partial charge in [-0.25, -0.2) is 0 Å². The fourth-order valence-electron chi connectivity index (χ4n) is 3.39. The van der Waals surface area contributed by atoms with Crippen LogP contribution in [0.1, 0.15) is 12.5 Å². The van der Waals surface area contributed by atoms with Gasteiger partial charge < -0.3 is 4.74 Å². The summed E-state index contributed by atoms with van der Waals surface area (Å²) in [6.07, 6.45) is 0. The van der Waals surface area contributed by atoms with E-state index in [1.54, 1.807) is 7.11 Å². The molecule has 0 aliphatic carbocycles. The van der Waals surface area contributed by atoms with Gasteiger partial charge in [0.1, 0.15) is 0 Å². The summed E-state index contributed by atoms with van der Waals surface area (Å²) in [7, 11) is 1.76. The quantitative estimate of drug-likeness (QED) is 0.623. The third-order valence-corrected chi connectivity index (χ3v) is 4.46. The molecule has 0 N–H and O–H groups in total. The van der Waals surface area contributed by atoms with Crippen molar-refractivity contribution >= 4 is 23.1 Å². The molecular weight excluding hydrogens is 303 g/mol. The highest BCUT2D eigenvalue weighted by Crippen LogP contribution is 2.22. The Hall–Kier alpha value is -2.58. The molecule has 3 rings (SSSR count). The van der Waals surface area contributed by atoms with Gasteiger partial charge in [0.25, 0.3) is 0 Å². The Labute approximate surface area is 151 Å². The van der Waals surface area contributed by atoms with Crippen LogP contribution in [0.5, 0.6) is 0 Å². The molecule has 0 aromatic heterocycles. The molecule has 25 heavy (non-hydrogen) atoms. The predicted octanol–water partition coefficient (Wildman–Crippen LogP) is 3.95. The zero-order valence-electron chi connectivity index (χ0n) is 14.9. The molecule has 3 aromatic carbocycles. The van der Waals surface area contributed by atoms with Gasteiger partial charge in [-0.2, -0.15) is 0 Å². The van der Waals surface area contributed by atoms with Gasteiger partial charge in [0, 0.05) is 7.11 Å². The van der Waals surface area contributed by atoms with Crippen molar-refractivity contribution in [2.75, 3.05) is 13.7 Å². The van der Waals surface area contributed by atoms with Gasteiger partial charge in [-0.15, -0.1) is 0 Å². The summed E-state index contributed by atoms with van der Waals surface area (Å²) in [4.78, 5) is 0. The molecule has 124 valence electrons. The normalized spacial score (nSPS) is 11.8. The van der Waals surface area contributed by atoms with Crippen molar-refractivity contribution in [2.24, 2.45) is 0 Å². The van der Waals surface area contributed by atoms with E-state index >= 15 is 0 Å². The number of rotatable bonds is 6. The largest absolute Gasteiger partial charge is 0.380 e. The first-order valence-electron chi connectivity index (χ1n) is 8.65. The molecule has 0 radical (unpaired) electrons. The summed E-state index contributed by atoms with van der Waals surface area (Å²) in [5, 5.41) is 0. The average Bonchev–Trinajstić information content (AvgIpc) is 2.68. The second-order valence-electron chi connectivity index (χ2n) is 6.25. The number of hydrogen-bond acceptors (Lipinski definition) is 1. The van der Waals surface area contributed by atoms with E-state index in [1.165, 1.54) is 27.5 Å². The van der Waals surface area contributed by atoms with Crippen molar-refractivity contribution in [3.63, 3.8) is 0 Å². The van der Waals surface area contributed by atoms with Crippen molar-refractivity contribution in [3.05, 3.63) is 102 Å². The monoisotopic (exact) mass is 326 g/mol. The lowest BCUT2D eigenvalue weighted by molar-refractivity contribution is 0.226. The van der Waals surface area contributed by atoms with Gasteiger partial charge in [-0.05, 0) is 12.5 Å². The van der Waals surface area contributed by atoms with Crippen molar-refractivity contribution in [2.45, 2.75) is 6.92 Å². The smallest absolute Gasteiger partial charge is 0.242 e. The van der Waals surface area contributed by atoms with Gasteiger partial charge in [-0.1, -0.05) is 113 Å². The Morgan fingerprint density at radius 2 is 1.16 bits per heavy atom.